The molecular formula is C21H30N4O3. The van der Waals surface area contributed by atoms with Gasteiger partial charge >= 0.3 is 0 Å². The van der Waals surface area contributed by atoms with Crippen LogP contribution < -0.4 is 10.1 Å². The standard InChI is InChI=1S/C21H30N4O3/c1-26-19-4-2-3-16(11-19)21-18(13-23-24-21)12-22-14-20(17-5-8-28-15-17)25-6-9-27-10-7-25/h2-4,11,13,17,20,22H,5-10,12,14-15H2,1H3,(H,23,24)/t17-,20+/m0/s1. The van der Waals surface area contributed by atoms with Crippen LogP contribution in [-0.4, -0.2) is 74.3 Å². The SMILES string of the molecule is COc1cccc(-c2[nH]ncc2CNC[C@H]([C@H]2CCOC2)N2CCOCC2)c1. The third-order valence-electron chi connectivity index (χ3n) is 5.77. The molecule has 0 bridgehead atoms. The summed E-state index contributed by atoms with van der Waals surface area (Å²) in [7, 11) is 1.69. The third-order valence-corrected chi connectivity index (χ3v) is 5.77. The Morgan fingerprint density at radius 2 is 2.18 bits per heavy atom. The van der Waals surface area contributed by atoms with Gasteiger partial charge in [0, 0.05) is 55.9 Å². The molecule has 2 fully saturated rings. The van der Waals surface area contributed by atoms with Gasteiger partial charge in [0.25, 0.3) is 0 Å². The normalized spacial score (nSPS) is 21.7. The lowest BCUT2D eigenvalue weighted by Crippen LogP contribution is -2.51. The second-order valence-electron chi connectivity index (χ2n) is 7.47. The van der Waals surface area contributed by atoms with E-state index in [0.29, 0.717) is 12.0 Å². The summed E-state index contributed by atoms with van der Waals surface area (Å²) in [6.07, 6.45) is 3.05. The number of ether oxygens (including phenoxy) is 3. The summed E-state index contributed by atoms with van der Waals surface area (Å²) < 4.78 is 16.6. The number of aromatic amines is 1. The molecular weight excluding hydrogens is 356 g/mol. The number of methoxy groups -OCH3 is 1. The van der Waals surface area contributed by atoms with Crippen molar-refractivity contribution in [2.45, 2.75) is 19.0 Å². The van der Waals surface area contributed by atoms with Crippen LogP contribution in [0.3, 0.4) is 0 Å². The van der Waals surface area contributed by atoms with Crippen LogP contribution >= 0.6 is 0 Å². The molecule has 4 rings (SSSR count). The summed E-state index contributed by atoms with van der Waals surface area (Å²) in [4.78, 5) is 2.56. The van der Waals surface area contributed by atoms with Crippen molar-refractivity contribution in [3.8, 4) is 17.0 Å². The summed E-state index contributed by atoms with van der Waals surface area (Å²) in [5.41, 5.74) is 3.29. The highest BCUT2D eigenvalue weighted by Gasteiger charge is 2.31. The Kier molecular flexibility index (Phi) is 6.59. The molecule has 1 aromatic heterocycles. The quantitative estimate of drug-likeness (QED) is 0.722. The largest absolute Gasteiger partial charge is 0.497 e. The first-order valence-corrected chi connectivity index (χ1v) is 10.1. The molecule has 2 N–H and O–H groups in total. The number of benzene rings is 1. The van der Waals surface area contributed by atoms with E-state index in [1.807, 2.05) is 24.4 Å². The van der Waals surface area contributed by atoms with Crippen molar-refractivity contribution in [3.05, 3.63) is 36.0 Å². The number of hydrogen-bond donors (Lipinski definition) is 2. The molecule has 2 aliphatic rings. The van der Waals surface area contributed by atoms with Gasteiger partial charge in [-0.25, -0.2) is 0 Å². The summed E-state index contributed by atoms with van der Waals surface area (Å²) >= 11 is 0. The van der Waals surface area contributed by atoms with Gasteiger partial charge in [0.2, 0.25) is 0 Å². The van der Waals surface area contributed by atoms with Gasteiger partial charge in [-0.15, -0.1) is 0 Å². The number of morpholine rings is 1. The minimum Gasteiger partial charge on any atom is -0.497 e. The first-order valence-electron chi connectivity index (χ1n) is 10.1. The van der Waals surface area contributed by atoms with Gasteiger partial charge in [-0.2, -0.15) is 5.10 Å². The summed E-state index contributed by atoms with van der Waals surface area (Å²) in [6.45, 7) is 7.12. The molecule has 0 unspecified atom stereocenters. The van der Waals surface area contributed by atoms with Crippen molar-refractivity contribution in [2.75, 3.05) is 53.2 Å². The Labute approximate surface area is 166 Å². The van der Waals surface area contributed by atoms with Crippen LogP contribution in [0.5, 0.6) is 5.75 Å². The van der Waals surface area contributed by atoms with E-state index in [2.05, 4.69) is 26.5 Å². The lowest BCUT2D eigenvalue weighted by Gasteiger charge is -2.37. The van der Waals surface area contributed by atoms with Crippen molar-refractivity contribution in [2.24, 2.45) is 5.92 Å². The van der Waals surface area contributed by atoms with Crippen molar-refractivity contribution >= 4 is 0 Å². The average molecular weight is 386 g/mol. The maximum absolute atomic E-state index is 5.67. The number of aromatic nitrogens is 2. The number of nitrogens with zero attached hydrogens (tertiary/aromatic N) is 2. The lowest BCUT2D eigenvalue weighted by atomic mass is 9.96. The topological polar surface area (TPSA) is 71.6 Å². The summed E-state index contributed by atoms with van der Waals surface area (Å²) in [5.74, 6) is 1.44. The van der Waals surface area contributed by atoms with E-state index in [0.717, 1.165) is 81.6 Å². The molecule has 7 heteroatoms. The first kappa shape index (κ1) is 19.4. The smallest absolute Gasteiger partial charge is 0.119 e. The van der Waals surface area contributed by atoms with E-state index in [4.69, 9.17) is 14.2 Å². The fraction of sp³-hybridized carbons (Fsp3) is 0.571. The molecule has 28 heavy (non-hydrogen) atoms. The molecule has 0 saturated carbocycles. The molecule has 3 heterocycles. The fourth-order valence-corrected chi connectivity index (χ4v) is 4.19. The van der Waals surface area contributed by atoms with E-state index in [9.17, 15) is 0 Å². The van der Waals surface area contributed by atoms with Crippen LogP contribution in [0.15, 0.2) is 30.5 Å². The van der Waals surface area contributed by atoms with Crippen LogP contribution in [0.4, 0.5) is 0 Å². The molecule has 7 nitrogen and oxygen atoms in total. The van der Waals surface area contributed by atoms with Gasteiger partial charge in [0.05, 0.1) is 38.8 Å². The second kappa shape index (κ2) is 9.52. The molecule has 2 aromatic rings. The zero-order valence-electron chi connectivity index (χ0n) is 16.5. The van der Waals surface area contributed by atoms with Gasteiger partial charge in [0.15, 0.2) is 0 Å². The minimum absolute atomic E-state index is 0.485. The molecule has 0 amide bonds. The van der Waals surface area contributed by atoms with Crippen molar-refractivity contribution in [3.63, 3.8) is 0 Å². The van der Waals surface area contributed by atoms with Crippen molar-refractivity contribution in [1.29, 1.82) is 0 Å². The molecule has 0 aliphatic carbocycles. The molecule has 1 aromatic carbocycles. The lowest BCUT2D eigenvalue weighted by molar-refractivity contribution is 0.00137. The Hall–Kier alpha value is -1.93. The summed E-state index contributed by atoms with van der Waals surface area (Å²) in [6, 6.07) is 8.54. The number of nitrogens with one attached hydrogen (secondary N) is 2. The second-order valence-corrected chi connectivity index (χ2v) is 7.47. The zero-order chi connectivity index (χ0) is 19.2. The molecule has 0 radical (unpaired) electrons. The number of rotatable bonds is 8. The van der Waals surface area contributed by atoms with E-state index in [1.54, 1.807) is 7.11 Å². The van der Waals surface area contributed by atoms with E-state index in [1.165, 1.54) is 0 Å². The van der Waals surface area contributed by atoms with Crippen molar-refractivity contribution < 1.29 is 14.2 Å². The molecule has 2 saturated heterocycles. The molecule has 2 atom stereocenters. The van der Waals surface area contributed by atoms with Crippen molar-refractivity contribution in [1.82, 2.24) is 20.4 Å². The first-order chi connectivity index (χ1) is 13.8. The predicted molar refractivity (Wildman–Crippen MR) is 107 cm³/mol. The maximum Gasteiger partial charge on any atom is 0.119 e. The monoisotopic (exact) mass is 386 g/mol. The zero-order valence-corrected chi connectivity index (χ0v) is 16.5. The van der Waals surface area contributed by atoms with Crippen LogP contribution in [0, 0.1) is 5.92 Å². The Bertz CT molecular complexity index is 739. The van der Waals surface area contributed by atoms with Gasteiger partial charge in [0.1, 0.15) is 5.75 Å². The van der Waals surface area contributed by atoms with E-state index >= 15 is 0 Å². The molecule has 2 aliphatic heterocycles. The molecule has 0 spiro atoms. The third kappa shape index (κ3) is 4.55. The Balaban J connectivity index is 1.40. The van der Waals surface area contributed by atoms with E-state index in [-0.39, 0.29) is 0 Å². The fourth-order valence-electron chi connectivity index (χ4n) is 4.19. The summed E-state index contributed by atoms with van der Waals surface area (Å²) in [5, 5.41) is 11.1. The highest BCUT2D eigenvalue weighted by Crippen LogP contribution is 2.25. The number of hydrogen-bond acceptors (Lipinski definition) is 6. The van der Waals surface area contributed by atoms with Crippen LogP contribution in [0.1, 0.15) is 12.0 Å². The highest BCUT2D eigenvalue weighted by molar-refractivity contribution is 5.64. The van der Waals surface area contributed by atoms with Crippen LogP contribution in [-0.2, 0) is 16.0 Å². The predicted octanol–water partition coefficient (Wildman–Crippen LogP) is 1.91. The maximum atomic E-state index is 5.67. The minimum atomic E-state index is 0.485. The van der Waals surface area contributed by atoms with Gasteiger partial charge in [-0.05, 0) is 18.6 Å². The Morgan fingerprint density at radius 3 is 2.96 bits per heavy atom. The van der Waals surface area contributed by atoms with E-state index < -0.39 is 0 Å². The number of H-pyrrole nitrogens is 1. The van der Waals surface area contributed by atoms with Crippen LogP contribution in [0.2, 0.25) is 0 Å². The van der Waals surface area contributed by atoms with Gasteiger partial charge in [-0.3, -0.25) is 10.00 Å². The van der Waals surface area contributed by atoms with Gasteiger partial charge < -0.3 is 19.5 Å². The Morgan fingerprint density at radius 1 is 1.29 bits per heavy atom. The van der Waals surface area contributed by atoms with Crippen LogP contribution in [0.25, 0.3) is 11.3 Å². The highest BCUT2D eigenvalue weighted by atomic mass is 16.5. The van der Waals surface area contributed by atoms with Gasteiger partial charge in [-0.1, -0.05) is 12.1 Å². The molecule has 152 valence electrons. The average Bonchev–Trinajstić information content (AvgIpc) is 3.44.